The molecule has 4 nitrogen and oxygen atoms in total. The molecule has 2 aromatic heterocycles. The summed E-state index contributed by atoms with van der Waals surface area (Å²) in [5.41, 5.74) is 5.27. The molecule has 0 saturated heterocycles. The average Bonchev–Trinajstić information content (AvgIpc) is 2.28. The first-order chi connectivity index (χ1) is 8.45. The smallest absolute Gasteiger partial charge is 0.368 e. The van der Waals surface area contributed by atoms with Crippen molar-refractivity contribution in [3.05, 3.63) is 47.5 Å². The maximum absolute atomic E-state index is 12.5. The fourth-order valence-corrected chi connectivity index (χ4v) is 1.46. The number of pyridine rings is 1. The van der Waals surface area contributed by atoms with Gasteiger partial charge in [0.15, 0.2) is 0 Å². The van der Waals surface area contributed by atoms with Gasteiger partial charge in [0, 0.05) is 18.8 Å². The van der Waals surface area contributed by atoms with Crippen LogP contribution in [0.3, 0.4) is 0 Å². The van der Waals surface area contributed by atoms with Crippen molar-refractivity contribution < 1.29 is 13.2 Å². The summed E-state index contributed by atoms with van der Waals surface area (Å²) in [5.74, 6) is -0.381. The standard InChI is InChI=1S/C11H9F3N4/c12-11(13,14)9-6-8(17-10(15)18-9)5-7-1-3-16-4-2-7/h1-4,6H,5H2,(H2,15,17,18). The highest BCUT2D eigenvalue weighted by Crippen LogP contribution is 2.28. The van der Waals surface area contributed by atoms with Gasteiger partial charge in [-0.15, -0.1) is 0 Å². The number of rotatable bonds is 2. The second kappa shape index (κ2) is 4.59. The van der Waals surface area contributed by atoms with Crippen molar-refractivity contribution in [3.8, 4) is 0 Å². The summed E-state index contributed by atoms with van der Waals surface area (Å²) in [4.78, 5) is 10.8. The Morgan fingerprint density at radius 3 is 2.39 bits per heavy atom. The third kappa shape index (κ3) is 2.93. The number of anilines is 1. The van der Waals surface area contributed by atoms with Crippen LogP contribution in [0.2, 0.25) is 0 Å². The number of nitrogens with two attached hydrogens (primary N) is 1. The molecule has 0 fully saturated rings. The number of halogens is 3. The van der Waals surface area contributed by atoms with Crippen LogP contribution in [0, 0.1) is 0 Å². The summed E-state index contributed by atoms with van der Waals surface area (Å²) < 4.78 is 37.6. The van der Waals surface area contributed by atoms with E-state index in [9.17, 15) is 13.2 Å². The first kappa shape index (κ1) is 12.3. The maximum atomic E-state index is 12.5. The van der Waals surface area contributed by atoms with Gasteiger partial charge in [-0.3, -0.25) is 4.98 Å². The topological polar surface area (TPSA) is 64.7 Å². The van der Waals surface area contributed by atoms with Gasteiger partial charge in [0.2, 0.25) is 5.95 Å². The van der Waals surface area contributed by atoms with Crippen molar-refractivity contribution in [2.24, 2.45) is 0 Å². The van der Waals surface area contributed by atoms with Crippen molar-refractivity contribution in [2.45, 2.75) is 12.6 Å². The Morgan fingerprint density at radius 2 is 1.78 bits per heavy atom. The molecular formula is C11H9F3N4. The largest absolute Gasteiger partial charge is 0.433 e. The van der Waals surface area contributed by atoms with E-state index in [-0.39, 0.29) is 18.1 Å². The van der Waals surface area contributed by atoms with Crippen LogP contribution in [0.4, 0.5) is 19.1 Å². The lowest BCUT2D eigenvalue weighted by atomic mass is 10.1. The fourth-order valence-electron chi connectivity index (χ4n) is 1.46. The molecule has 0 aromatic carbocycles. The van der Waals surface area contributed by atoms with Crippen LogP contribution in [-0.2, 0) is 12.6 Å². The van der Waals surface area contributed by atoms with Crippen molar-refractivity contribution in [3.63, 3.8) is 0 Å². The van der Waals surface area contributed by atoms with Gasteiger partial charge in [-0.2, -0.15) is 13.2 Å². The zero-order valence-electron chi connectivity index (χ0n) is 9.15. The molecule has 0 aliphatic heterocycles. The first-order valence-electron chi connectivity index (χ1n) is 5.04. The van der Waals surface area contributed by atoms with E-state index in [0.29, 0.717) is 0 Å². The fraction of sp³-hybridized carbons (Fsp3) is 0.182. The number of hydrogen-bond acceptors (Lipinski definition) is 4. The molecule has 7 heteroatoms. The normalized spacial score (nSPS) is 11.5. The van der Waals surface area contributed by atoms with Crippen LogP contribution < -0.4 is 5.73 Å². The summed E-state index contributed by atoms with van der Waals surface area (Å²) >= 11 is 0. The highest BCUT2D eigenvalue weighted by atomic mass is 19.4. The molecule has 0 radical (unpaired) electrons. The lowest BCUT2D eigenvalue weighted by Crippen LogP contribution is -2.12. The van der Waals surface area contributed by atoms with Gasteiger partial charge in [-0.05, 0) is 23.8 Å². The molecule has 2 rings (SSSR count). The molecule has 0 saturated carbocycles. The summed E-state index contributed by atoms with van der Waals surface area (Å²) in [6.07, 6.45) is -1.16. The van der Waals surface area contributed by atoms with Crippen LogP contribution >= 0.6 is 0 Å². The van der Waals surface area contributed by atoms with Crippen molar-refractivity contribution >= 4 is 5.95 Å². The number of hydrogen-bond donors (Lipinski definition) is 1. The van der Waals surface area contributed by atoms with Gasteiger partial charge in [0.25, 0.3) is 0 Å². The molecular weight excluding hydrogens is 245 g/mol. The van der Waals surface area contributed by atoms with Gasteiger partial charge in [0.1, 0.15) is 5.69 Å². The maximum Gasteiger partial charge on any atom is 0.433 e. The highest BCUT2D eigenvalue weighted by Gasteiger charge is 2.33. The Kier molecular flexibility index (Phi) is 3.14. The minimum absolute atomic E-state index is 0.223. The summed E-state index contributed by atoms with van der Waals surface area (Å²) in [6.45, 7) is 0. The molecule has 94 valence electrons. The monoisotopic (exact) mass is 254 g/mol. The second-order valence-electron chi connectivity index (χ2n) is 3.63. The zero-order valence-corrected chi connectivity index (χ0v) is 9.15. The molecule has 0 spiro atoms. The van der Waals surface area contributed by atoms with E-state index in [1.807, 2.05) is 0 Å². The van der Waals surface area contributed by atoms with Crippen LogP contribution in [0.5, 0.6) is 0 Å². The molecule has 0 aliphatic carbocycles. The summed E-state index contributed by atoms with van der Waals surface area (Å²) in [6, 6.07) is 4.30. The third-order valence-corrected chi connectivity index (χ3v) is 2.22. The van der Waals surface area contributed by atoms with Crippen LogP contribution in [-0.4, -0.2) is 15.0 Å². The Labute approximate surface area is 101 Å². The highest BCUT2D eigenvalue weighted by molar-refractivity contribution is 5.27. The Hall–Kier alpha value is -2.18. The number of nitrogens with zero attached hydrogens (tertiary/aromatic N) is 3. The van der Waals surface area contributed by atoms with Crippen LogP contribution in [0.15, 0.2) is 30.6 Å². The zero-order chi connectivity index (χ0) is 13.2. The van der Waals surface area contributed by atoms with E-state index in [1.165, 1.54) is 0 Å². The van der Waals surface area contributed by atoms with Crippen molar-refractivity contribution in [1.29, 1.82) is 0 Å². The molecule has 2 aromatic rings. The number of nitrogen functional groups attached to an aromatic ring is 1. The predicted molar refractivity (Wildman–Crippen MR) is 58.5 cm³/mol. The molecule has 2 N–H and O–H groups in total. The van der Waals surface area contributed by atoms with E-state index in [1.54, 1.807) is 24.5 Å². The van der Waals surface area contributed by atoms with E-state index in [0.717, 1.165) is 11.6 Å². The lowest BCUT2D eigenvalue weighted by Gasteiger charge is -2.08. The molecule has 2 heterocycles. The minimum atomic E-state index is -4.52. The van der Waals surface area contributed by atoms with E-state index < -0.39 is 11.9 Å². The average molecular weight is 254 g/mol. The third-order valence-electron chi connectivity index (χ3n) is 2.22. The molecule has 0 bridgehead atoms. The molecule has 0 aliphatic rings. The summed E-state index contributed by atoms with van der Waals surface area (Å²) in [5, 5.41) is 0. The lowest BCUT2D eigenvalue weighted by molar-refractivity contribution is -0.141. The van der Waals surface area contributed by atoms with Gasteiger partial charge in [-0.25, -0.2) is 9.97 Å². The van der Waals surface area contributed by atoms with Gasteiger partial charge >= 0.3 is 6.18 Å². The van der Waals surface area contributed by atoms with Gasteiger partial charge in [0.05, 0.1) is 5.69 Å². The van der Waals surface area contributed by atoms with E-state index in [2.05, 4.69) is 15.0 Å². The molecule has 0 atom stereocenters. The number of aromatic nitrogens is 3. The summed E-state index contributed by atoms with van der Waals surface area (Å²) in [7, 11) is 0. The second-order valence-corrected chi connectivity index (χ2v) is 3.63. The van der Waals surface area contributed by atoms with E-state index >= 15 is 0 Å². The van der Waals surface area contributed by atoms with Crippen molar-refractivity contribution in [2.75, 3.05) is 5.73 Å². The van der Waals surface area contributed by atoms with Crippen molar-refractivity contribution in [1.82, 2.24) is 15.0 Å². The molecule has 18 heavy (non-hydrogen) atoms. The molecule has 0 unspecified atom stereocenters. The first-order valence-corrected chi connectivity index (χ1v) is 5.04. The Balaban J connectivity index is 2.32. The van der Waals surface area contributed by atoms with E-state index in [4.69, 9.17) is 5.73 Å². The minimum Gasteiger partial charge on any atom is -0.368 e. The SMILES string of the molecule is Nc1nc(Cc2ccncc2)cc(C(F)(F)F)n1. The number of alkyl halides is 3. The van der Waals surface area contributed by atoms with Gasteiger partial charge < -0.3 is 5.73 Å². The molecule has 0 amide bonds. The van der Waals surface area contributed by atoms with Gasteiger partial charge in [-0.1, -0.05) is 0 Å². The van der Waals surface area contributed by atoms with Crippen LogP contribution in [0.1, 0.15) is 17.0 Å². The predicted octanol–water partition coefficient (Wildman–Crippen LogP) is 2.06. The Bertz CT molecular complexity index is 540. The van der Waals surface area contributed by atoms with Crippen LogP contribution in [0.25, 0.3) is 0 Å². The Morgan fingerprint density at radius 1 is 1.11 bits per heavy atom. The quantitative estimate of drug-likeness (QED) is 0.890.